The Morgan fingerprint density at radius 1 is 1.00 bits per heavy atom. The number of nitrogens with two attached hydrogens (primary N) is 2. The molecule has 2 amide bonds. The molecule has 0 aliphatic heterocycles. The Morgan fingerprint density at radius 2 is 1.53 bits per heavy atom. The molecule has 0 aromatic heterocycles. The summed E-state index contributed by atoms with van der Waals surface area (Å²) >= 11 is 0. The summed E-state index contributed by atoms with van der Waals surface area (Å²) in [7, 11) is 0. The van der Waals surface area contributed by atoms with Gasteiger partial charge in [-0.05, 0) is 17.7 Å². The topological polar surface area (TPSA) is 69.1 Å². The molecule has 0 radical (unpaired) electrons. The van der Waals surface area contributed by atoms with Crippen molar-refractivity contribution in [1.29, 1.82) is 0 Å². The molecule has 4 N–H and O–H groups in total. The summed E-state index contributed by atoms with van der Waals surface area (Å²) in [4.78, 5) is 9.00. The fourth-order valence-corrected chi connectivity index (χ4v) is 1.31. The number of hydrogen-bond acceptors (Lipinski definition) is 1. The largest absolute Gasteiger partial charge is 0.352 e. The van der Waals surface area contributed by atoms with Crippen molar-refractivity contribution < 1.29 is 4.79 Å². The van der Waals surface area contributed by atoms with Gasteiger partial charge in [-0.25, -0.2) is 4.79 Å². The minimum Gasteiger partial charge on any atom is -0.352 e. The number of fused-ring (bicyclic) bond motifs is 1. The van der Waals surface area contributed by atoms with Crippen molar-refractivity contribution in [3.63, 3.8) is 0 Å². The highest BCUT2D eigenvalue weighted by Gasteiger charge is 1.89. The number of aryl methyl sites for hydroxylation is 1. The molecule has 15 heavy (non-hydrogen) atoms. The van der Waals surface area contributed by atoms with E-state index in [-0.39, 0.29) is 0 Å². The molecule has 3 heteroatoms. The molecule has 0 aliphatic carbocycles. The molecule has 0 saturated heterocycles. The smallest absolute Gasteiger partial charge is 0.309 e. The van der Waals surface area contributed by atoms with Gasteiger partial charge in [0.1, 0.15) is 0 Å². The Balaban J connectivity index is 0.000000245. The third kappa shape index (κ3) is 3.68. The van der Waals surface area contributed by atoms with Crippen LogP contribution in [-0.4, -0.2) is 6.03 Å². The molecule has 3 nitrogen and oxygen atoms in total. The lowest BCUT2D eigenvalue weighted by molar-refractivity contribution is 0.256. The van der Waals surface area contributed by atoms with Crippen LogP contribution in [0.3, 0.4) is 0 Å². The molecule has 2 rings (SSSR count). The van der Waals surface area contributed by atoms with Crippen molar-refractivity contribution in [2.75, 3.05) is 0 Å². The van der Waals surface area contributed by atoms with Crippen LogP contribution in [0.5, 0.6) is 0 Å². The first kappa shape index (κ1) is 11.0. The van der Waals surface area contributed by atoms with Crippen molar-refractivity contribution in [3.05, 3.63) is 48.0 Å². The van der Waals surface area contributed by atoms with E-state index in [4.69, 9.17) is 4.79 Å². The fourth-order valence-electron chi connectivity index (χ4n) is 1.31. The van der Waals surface area contributed by atoms with Crippen LogP contribution >= 0.6 is 0 Å². The monoisotopic (exact) mass is 202 g/mol. The van der Waals surface area contributed by atoms with Crippen LogP contribution in [0.1, 0.15) is 5.56 Å². The van der Waals surface area contributed by atoms with E-state index in [1.54, 1.807) is 0 Å². The second kappa shape index (κ2) is 5.00. The second-order valence-electron chi connectivity index (χ2n) is 3.25. The lowest BCUT2D eigenvalue weighted by Crippen LogP contribution is -2.18. The van der Waals surface area contributed by atoms with E-state index < -0.39 is 6.03 Å². The van der Waals surface area contributed by atoms with Crippen LogP contribution in [0.2, 0.25) is 0 Å². The van der Waals surface area contributed by atoms with Crippen LogP contribution < -0.4 is 11.5 Å². The van der Waals surface area contributed by atoms with Gasteiger partial charge in [-0.2, -0.15) is 0 Å². The molecule has 0 spiro atoms. The number of benzene rings is 2. The van der Waals surface area contributed by atoms with Crippen molar-refractivity contribution >= 4 is 16.8 Å². The van der Waals surface area contributed by atoms with Crippen LogP contribution in [0.15, 0.2) is 42.5 Å². The summed E-state index contributed by atoms with van der Waals surface area (Å²) in [5.41, 5.74) is 9.82. The molecular formula is C12H14N2O. The van der Waals surface area contributed by atoms with Gasteiger partial charge in [-0.15, -0.1) is 0 Å². The average molecular weight is 202 g/mol. The fraction of sp³-hybridized carbons (Fsp3) is 0.0833. The lowest BCUT2D eigenvalue weighted by Gasteiger charge is -1.96. The first-order chi connectivity index (χ1) is 7.09. The zero-order valence-corrected chi connectivity index (χ0v) is 8.60. The van der Waals surface area contributed by atoms with E-state index in [2.05, 4.69) is 60.9 Å². The molecule has 0 saturated carbocycles. The molecule has 0 atom stereocenters. The zero-order chi connectivity index (χ0) is 11.3. The average Bonchev–Trinajstić information content (AvgIpc) is 2.16. The van der Waals surface area contributed by atoms with Gasteiger partial charge < -0.3 is 11.5 Å². The molecule has 2 aromatic rings. The summed E-state index contributed by atoms with van der Waals surface area (Å²) in [6.45, 7) is 2.12. The number of hydrogen-bond donors (Lipinski definition) is 2. The highest BCUT2D eigenvalue weighted by atomic mass is 16.2. The first-order valence-electron chi connectivity index (χ1n) is 4.60. The van der Waals surface area contributed by atoms with Gasteiger partial charge in [0, 0.05) is 0 Å². The van der Waals surface area contributed by atoms with E-state index in [0.717, 1.165) is 0 Å². The Kier molecular flexibility index (Phi) is 3.68. The molecule has 78 valence electrons. The van der Waals surface area contributed by atoms with E-state index in [1.165, 1.54) is 16.3 Å². The second-order valence-corrected chi connectivity index (χ2v) is 3.25. The lowest BCUT2D eigenvalue weighted by atomic mass is 10.1. The van der Waals surface area contributed by atoms with Gasteiger partial charge in [0.25, 0.3) is 0 Å². The van der Waals surface area contributed by atoms with Crippen molar-refractivity contribution in [2.45, 2.75) is 6.92 Å². The highest BCUT2D eigenvalue weighted by molar-refractivity contribution is 5.82. The Hall–Kier alpha value is -2.03. The maximum atomic E-state index is 9.00. The van der Waals surface area contributed by atoms with E-state index >= 15 is 0 Å². The van der Waals surface area contributed by atoms with Gasteiger partial charge in [-0.3, -0.25) is 0 Å². The molecule has 2 aromatic carbocycles. The van der Waals surface area contributed by atoms with Crippen molar-refractivity contribution in [2.24, 2.45) is 11.5 Å². The summed E-state index contributed by atoms with van der Waals surface area (Å²) < 4.78 is 0. The highest BCUT2D eigenvalue weighted by Crippen LogP contribution is 2.14. The van der Waals surface area contributed by atoms with E-state index in [9.17, 15) is 0 Å². The van der Waals surface area contributed by atoms with Crippen LogP contribution in [0, 0.1) is 6.92 Å². The van der Waals surface area contributed by atoms with Crippen molar-refractivity contribution in [3.8, 4) is 0 Å². The molecule has 0 aliphatic rings. The number of amides is 2. The minimum atomic E-state index is -0.833. The van der Waals surface area contributed by atoms with Crippen LogP contribution in [0.25, 0.3) is 10.8 Å². The molecule has 0 bridgehead atoms. The molecule has 0 unspecified atom stereocenters. The van der Waals surface area contributed by atoms with Gasteiger partial charge in [0.2, 0.25) is 0 Å². The number of carbonyl (C=O) groups excluding carboxylic acids is 1. The third-order valence-corrected chi connectivity index (χ3v) is 1.90. The normalized spacial score (nSPS) is 9.13. The van der Waals surface area contributed by atoms with Gasteiger partial charge >= 0.3 is 6.03 Å². The summed E-state index contributed by atoms with van der Waals surface area (Å²) in [5.74, 6) is 0. The van der Waals surface area contributed by atoms with E-state index in [0.29, 0.717) is 0 Å². The number of primary amides is 2. The van der Waals surface area contributed by atoms with Gasteiger partial charge in [-0.1, -0.05) is 48.0 Å². The van der Waals surface area contributed by atoms with E-state index in [1.807, 2.05) is 0 Å². The predicted molar refractivity (Wildman–Crippen MR) is 62.5 cm³/mol. The maximum absolute atomic E-state index is 9.00. The molecular weight excluding hydrogens is 188 g/mol. The van der Waals surface area contributed by atoms with Crippen molar-refractivity contribution in [1.82, 2.24) is 0 Å². The number of rotatable bonds is 0. The summed E-state index contributed by atoms with van der Waals surface area (Å²) in [6, 6.07) is 14.1. The van der Waals surface area contributed by atoms with Crippen LogP contribution in [0.4, 0.5) is 4.79 Å². The Labute approximate surface area is 88.7 Å². The zero-order valence-electron chi connectivity index (χ0n) is 8.60. The van der Waals surface area contributed by atoms with Gasteiger partial charge in [0.15, 0.2) is 0 Å². The molecule has 0 fully saturated rings. The SMILES string of the molecule is Cc1ccc2ccccc2c1.NC(N)=O. The summed E-state index contributed by atoms with van der Waals surface area (Å²) in [5, 5.41) is 2.64. The quantitative estimate of drug-likeness (QED) is 0.675. The maximum Gasteiger partial charge on any atom is 0.309 e. The Bertz CT molecular complexity index is 462. The first-order valence-corrected chi connectivity index (χ1v) is 4.60. The van der Waals surface area contributed by atoms with Gasteiger partial charge in [0.05, 0.1) is 0 Å². The standard InChI is InChI=1S/C11H10.CH4N2O/c1-9-6-7-10-4-2-3-5-11(10)8-9;2-1(3)4/h2-8H,1H3;(H4,2,3,4). The minimum absolute atomic E-state index is 0.833. The third-order valence-electron chi connectivity index (χ3n) is 1.90. The summed E-state index contributed by atoms with van der Waals surface area (Å²) in [6.07, 6.45) is 0. The van der Waals surface area contributed by atoms with Crippen LogP contribution in [-0.2, 0) is 0 Å². The Morgan fingerprint density at radius 3 is 2.13 bits per heavy atom. The predicted octanol–water partition coefficient (Wildman–Crippen LogP) is 2.17. The molecule has 0 heterocycles. The number of carbonyl (C=O) groups is 1. The number of urea groups is 1.